The van der Waals surface area contributed by atoms with Gasteiger partial charge in [0, 0.05) is 12.7 Å². The minimum atomic E-state index is -0.290. The van der Waals surface area contributed by atoms with Gasteiger partial charge in [-0.1, -0.05) is 6.08 Å². The Hall–Kier alpha value is -0.830. The first-order chi connectivity index (χ1) is 5.81. The third kappa shape index (κ3) is 7.28. The number of aliphatic hydroxyl groups is 1. The van der Waals surface area contributed by atoms with Gasteiger partial charge in [0.05, 0.1) is 6.61 Å². The quantitative estimate of drug-likeness (QED) is 0.373. The molecule has 1 N–H and O–H groups in total. The Morgan fingerprint density at radius 2 is 2.25 bits per heavy atom. The lowest BCUT2D eigenvalue weighted by Gasteiger charge is -1.94. The SMILES string of the molecule is CCOC(=O)/C=C\CCCCO. The molecule has 0 saturated heterocycles. The fourth-order valence-corrected chi connectivity index (χ4v) is 0.744. The van der Waals surface area contributed by atoms with Crippen molar-refractivity contribution < 1.29 is 14.6 Å². The molecule has 0 bridgehead atoms. The van der Waals surface area contributed by atoms with Crippen LogP contribution < -0.4 is 0 Å². The first-order valence-corrected chi connectivity index (χ1v) is 4.25. The fourth-order valence-electron chi connectivity index (χ4n) is 0.744. The minimum Gasteiger partial charge on any atom is -0.463 e. The highest BCUT2D eigenvalue weighted by Crippen LogP contribution is 1.95. The molecule has 0 aliphatic rings. The van der Waals surface area contributed by atoms with E-state index in [4.69, 9.17) is 5.11 Å². The van der Waals surface area contributed by atoms with Gasteiger partial charge in [0.15, 0.2) is 0 Å². The van der Waals surface area contributed by atoms with Crippen molar-refractivity contribution in [2.45, 2.75) is 26.2 Å². The number of ether oxygens (including phenoxy) is 1. The van der Waals surface area contributed by atoms with E-state index in [1.165, 1.54) is 6.08 Å². The second-order valence-corrected chi connectivity index (χ2v) is 2.37. The average molecular weight is 172 g/mol. The van der Waals surface area contributed by atoms with Crippen LogP contribution in [0.15, 0.2) is 12.2 Å². The van der Waals surface area contributed by atoms with Crippen LogP contribution in [0.25, 0.3) is 0 Å². The summed E-state index contributed by atoms with van der Waals surface area (Å²) < 4.78 is 4.67. The van der Waals surface area contributed by atoms with E-state index in [0.717, 1.165) is 19.3 Å². The van der Waals surface area contributed by atoms with Crippen molar-refractivity contribution in [2.75, 3.05) is 13.2 Å². The van der Waals surface area contributed by atoms with E-state index >= 15 is 0 Å². The van der Waals surface area contributed by atoms with Crippen LogP contribution in [0.4, 0.5) is 0 Å². The van der Waals surface area contributed by atoms with Crippen molar-refractivity contribution in [1.82, 2.24) is 0 Å². The van der Waals surface area contributed by atoms with Crippen LogP contribution in [0.3, 0.4) is 0 Å². The maximum atomic E-state index is 10.7. The number of unbranched alkanes of at least 4 members (excludes halogenated alkanes) is 2. The first-order valence-electron chi connectivity index (χ1n) is 4.25. The van der Waals surface area contributed by atoms with Crippen LogP contribution in [-0.4, -0.2) is 24.3 Å². The standard InChI is InChI=1S/C9H16O3/c1-2-12-9(11)7-5-3-4-6-8-10/h5,7,10H,2-4,6,8H2,1H3/b7-5-. The summed E-state index contributed by atoms with van der Waals surface area (Å²) in [6, 6.07) is 0. The average Bonchev–Trinajstić information content (AvgIpc) is 2.05. The molecule has 0 fully saturated rings. The zero-order valence-corrected chi connectivity index (χ0v) is 7.45. The molecule has 70 valence electrons. The van der Waals surface area contributed by atoms with Gasteiger partial charge in [-0.25, -0.2) is 4.79 Å². The predicted octanol–water partition coefficient (Wildman–Crippen LogP) is 1.27. The molecule has 0 rings (SSSR count). The van der Waals surface area contributed by atoms with Gasteiger partial charge in [-0.15, -0.1) is 0 Å². The number of hydrogen-bond acceptors (Lipinski definition) is 3. The Kier molecular flexibility index (Phi) is 7.70. The molecule has 0 aromatic carbocycles. The molecule has 0 spiro atoms. The number of carbonyl (C=O) groups excluding carboxylic acids is 1. The number of rotatable bonds is 6. The molecule has 0 aliphatic heterocycles. The summed E-state index contributed by atoms with van der Waals surface area (Å²) >= 11 is 0. The van der Waals surface area contributed by atoms with Gasteiger partial charge in [-0.3, -0.25) is 0 Å². The van der Waals surface area contributed by atoms with Gasteiger partial charge in [0.25, 0.3) is 0 Å². The molecule has 12 heavy (non-hydrogen) atoms. The molecule has 0 aromatic rings. The third-order valence-electron chi connectivity index (χ3n) is 1.32. The fraction of sp³-hybridized carbons (Fsp3) is 0.667. The first kappa shape index (κ1) is 11.2. The molecule has 0 unspecified atom stereocenters. The van der Waals surface area contributed by atoms with E-state index in [9.17, 15) is 4.79 Å². The molecular formula is C9H16O3. The Labute approximate surface area is 73.0 Å². The zero-order valence-electron chi connectivity index (χ0n) is 7.45. The highest BCUT2D eigenvalue weighted by Gasteiger charge is 1.91. The van der Waals surface area contributed by atoms with Gasteiger partial charge in [-0.2, -0.15) is 0 Å². The zero-order chi connectivity index (χ0) is 9.23. The molecule has 0 heterocycles. The number of esters is 1. The van der Waals surface area contributed by atoms with Crippen LogP contribution in [0, 0.1) is 0 Å². The molecular weight excluding hydrogens is 156 g/mol. The van der Waals surface area contributed by atoms with Crippen LogP contribution >= 0.6 is 0 Å². The van der Waals surface area contributed by atoms with E-state index in [0.29, 0.717) is 6.61 Å². The van der Waals surface area contributed by atoms with E-state index in [1.54, 1.807) is 13.0 Å². The van der Waals surface area contributed by atoms with E-state index in [-0.39, 0.29) is 12.6 Å². The molecule has 0 aliphatic carbocycles. The van der Waals surface area contributed by atoms with Gasteiger partial charge >= 0.3 is 5.97 Å². The highest BCUT2D eigenvalue weighted by molar-refractivity contribution is 5.81. The monoisotopic (exact) mass is 172 g/mol. The van der Waals surface area contributed by atoms with Crippen molar-refractivity contribution in [3.05, 3.63) is 12.2 Å². The van der Waals surface area contributed by atoms with Crippen molar-refractivity contribution in [1.29, 1.82) is 0 Å². The van der Waals surface area contributed by atoms with Gasteiger partial charge in [0.2, 0.25) is 0 Å². The van der Waals surface area contributed by atoms with Gasteiger partial charge in [-0.05, 0) is 26.2 Å². The number of carbonyl (C=O) groups is 1. The van der Waals surface area contributed by atoms with Gasteiger partial charge < -0.3 is 9.84 Å². The number of hydrogen-bond donors (Lipinski definition) is 1. The second kappa shape index (κ2) is 8.27. The summed E-state index contributed by atoms with van der Waals surface area (Å²) in [7, 11) is 0. The van der Waals surface area contributed by atoms with Crippen LogP contribution in [0.1, 0.15) is 26.2 Å². The largest absolute Gasteiger partial charge is 0.463 e. The van der Waals surface area contributed by atoms with Crippen molar-refractivity contribution in [2.24, 2.45) is 0 Å². The molecule has 3 nitrogen and oxygen atoms in total. The van der Waals surface area contributed by atoms with Crippen molar-refractivity contribution >= 4 is 5.97 Å². The summed E-state index contributed by atoms with van der Waals surface area (Å²) in [6.45, 7) is 2.41. The van der Waals surface area contributed by atoms with Gasteiger partial charge in [0.1, 0.15) is 0 Å². The summed E-state index contributed by atoms with van der Waals surface area (Å²) in [6.07, 6.45) is 5.72. The topological polar surface area (TPSA) is 46.5 Å². The minimum absolute atomic E-state index is 0.216. The van der Waals surface area contributed by atoms with Crippen LogP contribution in [0.2, 0.25) is 0 Å². The maximum Gasteiger partial charge on any atom is 0.330 e. The summed E-state index contributed by atoms with van der Waals surface area (Å²) in [4.78, 5) is 10.7. The summed E-state index contributed by atoms with van der Waals surface area (Å²) in [5.41, 5.74) is 0. The Balaban J connectivity index is 3.29. The van der Waals surface area contributed by atoms with E-state index in [1.807, 2.05) is 0 Å². The molecule has 0 amide bonds. The second-order valence-electron chi connectivity index (χ2n) is 2.37. The molecule has 0 aromatic heterocycles. The third-order valence-corrected chi connectivity index (χ3v) is 1.32. The lowest BCUT2D eigenvalue weighted by Crippen LogP contribution is -1.98. The molecule has 3 heteroatoms. The molecule has 0 saturated carbocycles. The maximum absolute atomic E-state index is 10.7. The van der Waals surface area contributed by atoms with Crippen molar-refractivity contribution in [3.63, 3.8) is 0 Å². The van der Waals surface area contributed by atoms with Crippen LogP contribution in [0.5, 0.6) is 0 Å². The van der Waals surface area contributed by atoms with E-state index < -0.39 is 0 Å². The van der Waals surface area contributed by atoms with Crippen LogP contribution in [-0.2, 0) is 9.53 Å². The van der Waals surface area contributed by atoms with E-state index in [2.05, 4.69) is 4.74 Å². The smallest absolute Gasteiger partial charge is 0.330 e. The lowest BCUT2D eigenvalue weighted by molar-refractivity contribution is -0.137. The normalized spacial score (nSPS) is 10.5. The Morgan fingerprint density at radius 3 is 2.83 bits per heavy atom. The van der Waals surface area contributed by atoms with Crippen molar-refractivity contribution in [3.8, 4) is 0 Å². The number of allylic oxidation sites excluding steroid dienone is 1. The summed E-state index contributed by atoms with van der Waals surface area (Å²) in [5.74, 6) is -0.290. The Morgan fingerprint density at radius 1 is 1.50 bits per heavy atom. The lowest BCUT2D eigenvalue weighted by atomic mass is 10.2. The molecule has 0 atom stereocenters. The summed E-state index contributed by atoms with van der Waals surface area (Å²) in [5, 5.41) is 8.44. The molecule has 0 radical (unpaired) electrons. The predicted molar refractivity (Wildman–Crippen MR) is 46.7 cm³/mol. The highest BCUT2D eigenvalue weighted by atomic mass is 16.5. The Bertz CT molecular complexity index is 141. The number of aliphatic hydroxyl groups excluding tert-OH is 1.